The molecule has 1 aromatic carbocycles. The van der Waals surface area contributed by atoms with Crippen molar-refractivity contribution < 1.29 is 22.7 Å². The molecular formula is C18H19F3N2O3. The summed E-state index contributed by atoms with van der Waals surface area (Å²) in [5.74, 6) is -0.322. The topological polar surface area (TPSA) is 60.3 Å². The van der Waals surface area contributed by atoms with E-state index in [1.807, 2.05) is 0 Å². The third kappa shape index (κ3) is 3.75. The van der Waals surface area contributed by atoms with Crippen molar-refractivity contribution in [2.45, 2.75) is 38.6 Å². The maximum Gasteiger partial charge on any atom is 0.431 e. The number of carbonyl (C=O) groups excluding carboxylic acids is 1. The van der Waals surface area contributed by atoms with Crippen molar-refractivity contribution in [1.29, 1.82) is 0 Å². The van der Waals surface area contributed by atoms with Crippen molar-refractivity contribution in [2.75, 3.05) is 13.2 Å². The van der Waals surface area contributed by atoms with E-state index in [1.165, 1.54) is 6.07 Å². The summed E-state index contributed by atoms with van der Waals surface area (Å²) in [6, 6.07) is 5.34. The zero-order valence-corrected chi connectivity index (χ0v) is 14.2. The van der Waals surface area contributed by atoms with Gasteiger partial charge in [-0.15, -0.1) is 0 Å². The van der Waals surface area contributed by atoms with Crippen LogP contribution >= 0.6 is 0 Å². The van der Waals surface area contributed by atoms with Gasteiger partial charge >= 0.3 is 6.18 Å². The van der Waals surface area contributed by atoms with E-state index >= 15 is 0 Å². The van der Waals surface area contributed by atoms with Gasteiger partial charge in [0.2, 0.25) is 5.91 Å². The molecule has 1 aromatic heterocycles. The van der Waals surface area contributed by atoms with Crippen LogP contribution in [0.2, 0.25) is 0 Å². The summed E-state index contributed by atoms with van der Waals surface area (Å²) >= 11 is 0. The lowest BCUT2D eigenvalue weighted by atomic mass is 10.1. The van der Waals surface area contributed by atoms with E-state index in [0.29, 0.717) is 19.1 Å². The third-order valence-electron chi connectivity index (χ3n) is 4.41. The second-order valence-corrected chi connectivity index (χ2v) is 6.36. The summed E-state index contributed by atoms with van der Waals surface area (Å²) in [5.41, 5.74) is -0.713. The largest absolute Gasteiger partial charge is 0.431 e. The number of halogens is 3. The number of pyridine rings is 1. The Balaban J connectivity index is 1.91. The molecule has 5 nitrogen and oxygen atoms in total. The highest BCUT2D eigenvalue weighted by molar-refractivity contribution is 5.81. The van der Waals surface area contributed by atoms with Gasteiger partial charge in [-0.05, 0) is 31.9 Å². The van der Waals surface area contributed by atoms with Crippen molar-refractivity contribution in [1.82, 2.24) is 9.88 Å². The van der Waals surface area contributed by atoms with Crippen molar-refractivity contribution in [3.05, 3.63) is 45.7 Å². The maximum absolute atomic E-state index is 13.4. The molecule has 1 N–H and O–H groups in total. The molecule has 8 heteroatoms. The van der Waals surface area contributed by atoms with Crippen LogP contribution < -0.4 is 10.7 Å². The number of benzene rings is 1. The van der Waals surface area contributed by atoms with Gasteiger partial charge in [0.15, 0.2) is 5.43 Å². The molecular weight excluding hydrogens is 349 g/mol. The minimum Gasteiger partial charge on any atom is -0.368 e. The van der Waals surface area contributed by atoms with Crippen LogP contribution in [0, 0.1) is 6.92 Å². The first kappa shape index (κ1) is 18.4. The van der Waals surface area contributed by atoms with E-state index in [-0.39, 0.29) is 29.9 Å². The fourth-order valence-corrected chi connectivity index (χ4v) is 3.16. The van der Waals surface area contributed by atoms with E-state index < -0.39 is 23.4 Å². The van der Waals surface area contributed by atoms with Gasteiger partial charge in [-0.1, -0.05) is 11.6 Å². The number of rotatable bonds is 4. The minimum absolute atomic E-state index is 0.00756. The maximum atomic E-state index is 13.4. The molecule has 0 spiro atoms. The van der Waals surface area contributed by atoms with Crippen molar-refractivity contribution >= 4 is 16.8 Å². The Kier molecular flexibility index (Phi) is 5.04. The first-order valence-electron chi connectivity index (χ1n) is 8.38. The molecule has 0 radical (unpaired) electrons. The number of nitrogens with zero attached hydrogens (tertiary/aromatic N) is 1. The normalized spacial score (nSPS) is 17.6. The fraction of sp³-hybridized carbons (Fsp3) is 0.444. The number of nitrogens with one attached hydrogen (secondary N) is 1. The van der Waals surface area contributed by atoms with Gasteiger partial charge < -0.3 is 14.6 Å². The van der Waals surface area contributed by atoms with Crippen LogP contribution in [0.5, 0.6) is 0 Å². The first-order chi connectivity index (χ1) is 12.3. The van der Waals surface area contributed by atoms with Crippen molar-refractivity contribution in [3.8, 4) is 0 Å². The summed E-state index contributed by atoms with van der Waals surface area (Å²) < 4.78 is 46.5. The molecule has 1 unspecified atom stereocenters. The molecule has 1 fully saturated rings. The second-order valence-electron chi connectivity index (χ2n) is 6.36. The molecule has 1 saturated heterocycles. The van der Waals surface area contributed by atoms with Gasteiger partial charge in [0, 0.05) is 31.1 Å². The van der Waals surface area contributed by atoms with Gasteiger partial charge in [-0.2, -0.15) is 13.2 Å². The Morgan fingerprint density at radius 3 is 2.77 bits per heavy atom. The SMILES string of the molecule is Cc1ccc2c(c1)c(=O)cc(C(F)(F)F)n2CCNC(=O)C1CCCO1. The highest BCUT2D eigenvalue weighted by Crippen LogP contribution is 2.30. The molecule has 0 aliphatic carbocycles. The lowest BCUT2D eigenvalue weighted by Gasteiger charge is -2.19. The third-order valence-corrected chi connectivity index (χ3v) is 4.41. The van der Waals surface area contributed by atoms with E-state index in [9.17, 15) is 22.8 Å². The Bertz CT molecular complexity index is 884. The zero-order valence-electron chi connectivity index (χ0n) is 14.2. The van der Waals surface area contributed by atoms with Crippen LogP contribution in [-0.4, -0.2) is 29.7 Å². The average molecular weight is 368 g/mol. The van der Waals surface area contributed by atoms with Crippen LogP contribution in [0.3, 0.4) is 0 Å². The Morgan fingerprint density at radius 1 is 1.35 bits per heavy atom. The summed E-state index contributed by atoms with van der Waals surface area (Å²) in [5, 5.41) is 2.84. The molecule has 2 heterocycles. The van der Waals surface area contributed by atoms with Crippen LogP contribution in [0.1, 0.15) is 24.1 Å². The van der Waals surface area contributed by atoms with Crippen molar-refractivity contribution in [3.63, 3.8) is 0 Å². The highest BCUT2D eigenvalue weighted by atomic mass is 19.4. The molecule has 1 aliphatic rings. The Hall–Kier alpha value is -2.35. The predicted molar refractivity (Wildman–Crippen MR) is 89.9 cm³/mol. The lowest BCUT2D eigenvalue weighted by Crippen LogP contribution is -2.36. The van der Waals surface area contributed by atoms with E-state index in [1.54, 1.807) is 19.1 Å². The summed E-state index contributed by atoms with van der Waals surface area (Å²) in [4.78, 5) is 24.1. The number of hydrogen-bond donors (Lipinski definition) is 1. The molecule has 3 rings (SSSR count). The number of amides is 1. The van der Waals surface area contributed by atoms with Crippen LogP contribution in [0.15, 0.2) is 29.1 Å². The van der Waals surface area contributed by atoms with Crippen LogP contribution in [-0.2, 0) is 22.3 Å². The molecule has 1 atom stereocenters. The van der Waals surface area contributed by atoms with Gasteiger partial charge in [0.25, 0.3) is 0 Å². The standard InChI is InChI=1S/C18H19F3N2O3/c1-11-4-5-13-12(9-11)14(24)10-16(18(19,20)21)23(13)7-6-22-17(25)15-3-2-8-26-15/h4-5,9-10,15H,2-3,6-8H2,1H3,(H,22,25). The smallest absolute Gasteiger partial charge is 0.368 e. The monoisotopic (exact) mass is 368 g/mol. The van der Waals surface area contributed by atoms with Gasteiger partial charge in [0.1, 0.15) is 11.8 Å². The fourth-order valence-electron chi connectivity index (χ4n) is 3.16. The Morgan fingerprint density at radius 2 is 2.12 bits per heavy atom. The summed E-state index contributed by atoms with van der Waals surface area (Å²) in [6.07, 6.45) is -3.80. The van der Waals surface area contributed by atoms with Gasteiger partial charge in [-0.3, -0.25) is 9.59 Å². The number of hydrogen-bond acceptors (Lipinski definition) is 3. The number of carbonyl (C=O) groups is 1. The quantitative estimate of drug-likeness (QED) is 0.903. The molecule has 1 amide bonds. The second kappa shape index (κ2) is 7.11. The van der Waals surface area contributed by atoms with Crippen molar-refractivity contribution in [2.24, 2.45) is 0 Å². The molecule has 0 saturated carbocycles. The minimum atomic E-state index is -4.67. The van der Waals surface area contributed by atoms with Gasteiger partial charge in [-0.25, -0.2) is 0 Å². The molecule has 1 aliphatic heterocycles. The summed E-state index contributed by atoms with van der Waals surface area (Å²) in [6.45, 7) is 2.18. The van der Waals surface area contributed by atoms with E-state index in [0.717, 1.165) is 16.6 Å². The van der Waals surface area contributed by atoms with Crippen LogP contribution in [0.25, 0.3) is 10.9 Å². The number of fused-ring (bicyclic) bond motifs is 1. The molecule has 0 bridgehead atoms. The van der Waals surface area contributed by atoms with E-state index in [2.05, 4.69) is 5.32 Å². The van der Waals surface area contributed by atoms with Gasteiger partial charge in [0.05, 0.1) is 5.52 Å². The molecule has 26 heavy (non-hydrogen) atoms. The lowest BCUT2D eigenvalue weighted by molar-refractivity contribution is -0.143. The van der Waals surface area contributed by atoms with Crippen LogP contribution in [0.4, 0.5) is 13.2 Å². The number of ether oxygens (including phenoxy) is 1. The number of alkyl halides is 3. The number of aryl methyl sites for hydroxylation is 1. The predicted octanol–water partition coefficient (Wildman–Crippen LogP) is 2.62. The summed E-state index contributed by atoms with van der Waals surface area (Å²) in [7, 11) is 0. The molecule has 140 valence electrons. The van der Waals surface area contributed by atoms with E-state index in [4.69, 9.17) is 4.74 Å². The first-order valence-corrected chi connectivity index (χ1v) is 8.38. The zero-order chi connectivity index (χ0) is 18.9. The average Bonchev–Trinajstić information content (AvgIpc) is 3.10. The number of aromatic nitrogens is 1. The molecule has 2 aromatic rings. The Labute approximate surface area is 147 Å². The highest BCUT2D eigenvalue weighted by Gasteiger charge is 2.35.